The predicted octanol–water partition coefficient (Wildman–Crippen LogP) is 3.26. The van der Waals surface area contributed by atoms with E-state index in [0.29, 0.717) is 31.7 Å². The number of hydrogen-bond acceptors (Lipinski definition) is 4. The van der Waals surface area contributed by atoms with Crippen LogP contribution < -0.4 is 10.0 Å². The number of carbonyl (C=O) groups excluding carboxylic acids is 1. The zero-order valence-corrected chi connectivity index (χ0v) is 16.7. The van der Waals surface area contributed by atoms with Crippen LogP contribution in [0, 0.1) is 13.8 Å². The Labute approximate surface area is 161 Å². The van der Waals surface area contributed by atoms with Gasteiger partial charge in [-0.15, -0.1) is 0 Å². The summed E-state index contributed by atoms with van der Waals surface area (Å²) in [6.07, 6.45) is 0.690. The Kier molecular flexibility index (Phi) is 7.38. The highest BCUT2D eigenvalue weighted by Gasteiger charge is 2.20. The van der Waals surface area contributed by atoms with Crippen molar-refractivity contribution in [2.45, 2.75) is 32.1 Å². The molecule has 0 saturated heterocycles. The Balaban J connectivity index is 2.17. The average molecular weight is 391 g/mol. The molecule has 0 aliphatic rings. The van der Waals surface area contributed by atoms with Crippen molar-refractivity contribution in [2.24, 2.45) is 0 Å². The standard InChI is InChI=1S/C20H26N2O4S/c1-4-26-13-7-12-21-20(23)17-8-5-6-9-18(17)22-27(24,25)19-14-15(2)10-11-16(19)3/h5-6,8-11,14,22H,4,7,12-13H2,1-3H3,(H,21,23). The topological polar surface area (TPSA) is 84.5 Å². The van der Waals surface area contributed by atoms with Crippen molar-refractivity contribution in [3.8, 4) is 0 Å². The summed E-state index contributed by atoms with van der Waals surface area (Å²) in [7, 11) is -3.81. The average Bonchev–Trinajstić information content (AvgIpc) is 2.63. The third-order valence-electron chi connectivity index (χ3n) is 4.00. The maximum Gasteiger partial charge on any atom is 0.262 e. The first-order valence-corrected chi connectivity index (χ1v) is 10.4. The fourth-order valence-corrected chi connectivity index (χ4v) is 3.99. The SMILES string of the molecule is CCOCCCNC(=O)c1ccccc1NS(=O)(=O)c1cc(C)ccc1C. The number of amides is 1. The van der Waals surface area contributed by atoms with Crippen LogP contribution in [-0.2, 0) is 14.8 Å². The van der Waals surface area contributed by atoms with Gasteiger partial charge in [-0.3, -0.25) is 9.52 Å². The van der Waals surface area contributed by atoms with Crippen LogP contribution in [0.1, 0.15) is 34.8 Å². The fraction of sp³-hybridized carbons (Fsp3) is 0.350. The van der Waals surface area contributed by atoms with E-state index < -0.39 is 10.0 Å². The van der Waals surface area contributed by atoms with Crippen LogP contribution in [0.5, 0.6) is 0 Å². The molecule has 1 amide bonds. The van der Waals surface area contributed by atoms with E-state index in [4.69, 9.17) is 4.74 Å². The maximum atomic E-state index is 12.8. The van der Waals surface area contributed by atoms with Crippen molar-refractivity contribution in [1.29, 1.82) is 0 Å². The van der Waals surface area contributed by atoms with E-state index in [1.807, 2.05) is 19.9 Å². The van der Waals surface area contributed by atoms with Gasteiger partial charge in [0.1, 0.15) is 0 Å². The molecule has 27 heavy (non-hydrogen) atoms. The van der Waals surface area contributed by atoms with Crippen LogP contribution in [0.15, 0.2) is 47.4 Å². The molecular formula is C20H26N2O4S. The highest BCUT2D eigenvalue weighted by Crippen LogP contribution is 2.23. The molecule has 0 unspecified atom stereocenters. The van der Waals surface area contributed by atoms with Crippen molar-refractivity contribution in [3.63, 3.8) is 0 Å². The third-order valence-corrected chi connectivity index (χ3v) is 5.51. The van der Waals surface area contributed by atoms with E-state index in [2.05, 4.69) is 10.0 Å². The van der Waals surface area contributed by atoms with Crippen LogP contribution in [0.4, 0.5) is 5.69 Å². The molecule has 2 N–H and O–H groups in total. The molecule has 7 heteroatoms. The molecule has 0 aliphatic heterocycles. The maximum absolute atomic E-state index is 12.8. The highest BCUT2D eigenvalue weighted by molar-refractivity contribution is 7.92. The van der Waals surface area contributed by atoms with E-state index in [-0.39, 0.29) is 22.1 Å². The van der Waals surface area contributed by atoms with Gasteiger partial charge in [-0.05, 0) is 56.5 Å². The van der Waals surface area contributed by atoms with Gasteiger partial charge < -0.3 is 10.1 Å². The molecule has 6 nitrogen and oxygen atoms in total. The van der Waals surface area contributed by atoms with E-state index in [9.17, 15) is 13.2 Å². The molecule has 0 spiro atoms. The molecular weight excluding hydrogens is 364 g/mol. The number of carbonyl (C=O) groups is 1. The Hall–Kier alpha value is -2.38. The Morgan fingerprint density at radius 2 is 1.85 bits per heavy atom. The minimum Gasteiger partial charge on any atom is -0.382 e. The fourth-order valence-electron chi connectivity index (χ4n) is 2.58. The van der Waals surface area contributed by atoms with Crippen molar-refractivity contribution in [3.05, 3.63) is 59.2 Å². The second kappa shape index (κ2) is 9.53. The third kappa shape index (κ3) is 5.80. The lowest BCUT2D eigenvalue weighted by Crippen LogP contribution is -2.27. The quantitative estimate of drug-likeness (QED) is 0.644. The van der Waals surface area contributed by atoms with Gasteiger partial charge in [0, 0.05) is 19.8 Å². The molecule has 0 fully saturated rings. The lowest BCUT2D eigenvalue weighted by atomic mass is 10.1. The van der Waals surface area contributed by atoms with Gasteiger partial charge in [0.15, 0.2) is 0 Å². The van der Waals surface area contributed by atoms with E-state index in [1.165, 1.54) is 0 Å². The number of aryl methyl sites for hydroxylation is 2. The number of sulfonamides is 1. The molecule has 0 saturated carbocycles. The zero-order chi connectivity index (χ0) is 19.9. The summed E-state index contributed by atoms with van der Waals surface area (Å²) >= 11 is 0. The van der Waals surface area contributed by atoms with Gasteiger partial charge in [0.05, 0.1) is 16.1 Å². The van der Waals surface area contributed by atoms with E-state index in [1.54, 1.807) is 43.3 Å². The first-order valence-electron chi connectivity index (χ1n) is 8.90. The molecule has 2 aromatic rings. The molecule has 146 valence electrons. The lowest BCUT2D eigenvalue weighted by molar-refractivity contribution is 0.0945. The molecule has 2 rings (SSSR count). The van der Waals surface area contributed by atoms with E-state index in [0.717, 1.165) is 5.56 Å². The van der Waals surface area contributed by atoms with Crippen LogP contribution in [-0.4, -0.2) is 34.1 Å². The van der Waals surface area contributed by atoms with Crippen LogP contribution >= 0.6 is 0 Å². The summed E-state index contributed by atoms with van der Waals surface area (Å²) in [5.74, 6) is -0.328. The first-order chi connectivity index (χ1) is 12.8. The van der Waals surface area contributed by atoms with Crippen LogP contribution in [0.3, 0.4) is 0 Å². The number of para-hydroxylation sites is 1. The van der Waals surface area contributed by atoms with Crippen LogP contribution in [0.2, 0.25) is 0 Å². The Morgan fingerprint density at radius 1 is 1.11 bits per heavy atom. The highest BCUT2D eigenvalue weighted by atomic mass is 32.2. The van der Waals surface area contributed by atoms with E-state index >= 15 is 0 Å². The van der Waals surface area contributed by atoms with Crippen molar-refractivity contribution >= 4 is 21.6 Å². The predicted molar refractivity (Wildman–Crippen MR) is 107 cm³/mol. The van der Waals surface area contributed by atoms with Gasteiger partial charge in [0.2, 0.25) is 0 Å². The summed E-state index contributed by atoms with van der Waals surface area (Å²) < 4.78 is 33.4. The van der Waals surface area contributed by atoms with Crippen molar-refractivity contribution in [1.82, 2.24) is 5.32 Å². The lowest BCUT2D eigenvalue weighted by Gasteiger charge is -2.14. The van der Waals surface area contributed by atoms with Gasteiger partial charge >= 0.3 is 0 Å². The summed E-state index contributed by atoms with van der Waals surface area (Å²) in [4.78, 5) is 12.7. The molecule has 0 atom stereocenters. The smallest absolute Gasteiger partial charge is 0.262 e. The van der Waals surface area contributed by atoms with Crippen molar-refractivity contribution in [2.75, 3.05) is 24.5 Å². The number of anilines is 1. The number of benzene rings is 2. The van der Waals surface area contributed by atoms with Gasteiger partial charge in [-0.1, -0.05) is 24.3 Å². The first kappa shape index (κ1) is 20.9. The van der Waals surface area contributed by atoms with Crippen molar-refractivity contribution < 1.29 is 17.9 Å². The second-order valence-corrected chi connectivity index (χ2v) is 7.88. The Morgan fingerprint density at radius 3 is 2.59 bits per heavy atom. The molecule has 0 bridgehead atoms. The number of ether oxygens (including phenoxy) is 1. The molecule has 0 aliphatic carbocycles. The Bertz CT molecular complexity index is 895. The summed E-state index contributed by atoms with van der Waals surface area (Å²) in [6, 6.07) is 11.8. The van der Waals surface area contributed by atoms with Gasteiger partial charge in [0.25, 0.3) is 15.9 Å². The zero-order valence-electron chi connectivity index (χ0n) is 15.9. The number of nitrogens with one attached hydrogen (secondary N) is 2. The summed E-state index contributed by atoms with van der Waals surface area (Å²) in [5.41, 5.74) is 2.02. The van der Waals surface area contributed by atoms with Gasteiger partial charge in [-0.2, -0.15) is 0 Å². The normalized spacial score (nSPS) is 11.2. The minimum atomic E-state index is -3.81. The molecule has 2 aromatic carbocycles. The molecule has 0 radical (unpaired) electrons. The van der Waals surface area contributed by atoms with Gasteiger partial charge in [-0.25, -0.2) is 8.42 Å². The second-order valence-electron chi connectivity index (χ2n) is 6.23. The monoisotopic (exact) mass is 390 g/mol. The number of rotatable bonds is 9. The van der Waals surface area contributed by atoms with Crippen LogP contribution in [0.25, 0.3) is 0 Å². The minimum absolute atomic E-state index is 0.203. The molecule has 0 heterocycles. The summed E-state index contributed by atoms with van der Waals surface area (Å²) in [6.45, 7) is 7.15. The molecule has 0 aromatic heterocycles. The number of hydrogen-bond donors (Lipinski definition) is 2. The largest absolute Gasteiger partial charge is 0.382 e. The summed E-state index contributed by atoms with van der Waals surface area (Å²) in [5, 5.41) is 2.79.